The molecule has 2 rings (SSSR count). The molecule has 0 spiro atoms. The van der Waals surface area contributed by atoms with Crippen molar-refractivity contribution in [2.24, 2.45) is 5.92 Å². The van der Waals surface area contributed by atoms with Crippen molar-refractivity contribution < 1.29 is 14.5 Å². The fourth-order valence-electron chi connectivity index (χ4n) is 2.59. The standard InChI is InChI=1S/C19H22N2O4/c1-13(2)11-18(14-7-9-17(25-3)10-8-14)20-19(22)15-5-4-6-16(12-15)21(23)24/h4-10,12-13,18H,11H2,1-3H3,(H,20,22)/t18-/m1/s1. The van der Waals surface area contributed by atoms with Crippen LogP contribution in [0.4, 0.5) is 5.69 Å². The molecule has 0 bridgehead atoms. The van der Waals surface area contributed by atoms with Crippen molar-refractivity contribution in [3.05, 3.63) is 69.8 Å². The first-order valence-corrected chi connectivity index (χ1v) is 8.10. The van der Waals surface area contributed by atoms with E-state index in [2.05, 4.69) is 19.2 Å². The van der Waals surface area contributed by atoms with Crippen LogP contribution in [0.1, 0.15) is 42.2 Å². The number of amides is 1. The molecule has 0 aliphatic rings. The number of benzene rings is 2. The fourth-order valence-corrected chi connectivity index (χ4v) is 2.59. The second-order valence-electron chi connectivity index (χ2n) is 6.24. The molecular formula is C19H22N2O4. The summed E-state index contributed by atoms with van der Waals surface area (Å²) in [6.07, 6.45) is 0.757. The molecule has 0 unspecified atom stereocenters. The Morgan fingerprint density at radius 2 is 1.88 bits per heavy atom. The average Bonchev–Trinajstić information content (AvgIpc) is 2.61. The lowest BCUT2D eigenvalue weighted by molar-refractivity contribution is -0.384. The topological polar surface area (TPSA) is 81.5 Å². The van der Waals surface area contributed by atoms with Crippen LogP contribution in [0, 0.1) is 16.0 Å². The number of hydrogen-bond donors (Lipinski definition) is 1. The zero-order valence-electron chi connectivity index (χ0n) is 14.6. The molecule has 0 saturated heterocycles. The molecule has 2 aromatic carbocycles. The van der Waals surface area contributed by atoms with Gasteiger partial charge < -0.3 is 10.1 Å². The maximum Gasteiger partial charge on any atom is 0.270 e. The molecule has 2 aromatic rings. The lowest BCUT2D eigenvalue weighted by atomic mass is 9.96. The summed E-state index contributed by atoms with van der Waals surface area (Å²) < 4.78 is 5.16. The molecule has 0 aromatic heterocycles. The van der Waals surface area contributed by atoms with E-state index in [9.17, 15) is 14.9 Å². The minimum atomic E-state index is -0.508. The van der Waals surface area contributed by atoms with Gasteiger partial charge >= 0.3 is 0 Å². The second kappa shape index (κ2) is 8.28. The lowest BCUT2D eigenvalue weighted by Crippen LogP contribution is -2.29. The highest BCUT2D eigenvalue weighted by Gasteiger charge is 2.18. The molecular weight excluding hydrogens is 320 g/mol. The van der Waals surface area contributed by atoms with Crippen LogP contribution < -0.4 is 10.1 Å². The molecule has 0 aliphatic carbocycles. The van der Waals surface area contributed by atoms with Crippen molar-refractivity contribution in [2.45, 2.75) is 26.3 Å². The Bertz CT molecular complexity index is 741. The molecule has 1 atom stereocenters. The average molecular weight is 342 g/mol. The van der Waals surface area contributed by atoms with E-state index in [4.69, 9.17) is 4.74 Å². The first-order valence-electron chi connectivity index (χ1n) is 8.10. The third-order valence-electron chi connectivity index (χ3n) is 3.85. The van der Waals surface area contributed by atoms with Crippen LogP contribution in [0.25, 0.3) is 0 Å². The molecule has 0 radical (unpaired) electrons. The van der Waals surface area contributed by atoms with Gasteiger partial charge in [0, 0.05) is 17.7 Å². The minimum Gasteiger partial charge on any atom is -0.497 e. The summed E-state index contributed by atoms with van der Waals surface area (Å²) in [4.78, 5) is 22.9. The number of hydrogen-bond acceptors (Lipinski definition) is 4. The van der Waals surface area contributed by atoms with Crippen LogP contribution in [-0.4, -0.2) is 17.9 Å². The van der Waals surface area contributed by atoms with E-state index in [-0.39, 0.29) is 23.2 Å². The Hall–Kier alpha value is -2.89. The molecule has 0 aliphatic heterocycles. The van der Waals surface area contributed by atoms with Crippen LogP contribution in [0.5, 0.6) is 5.75 Å². The van der Waals surface area contributed by atoms with Crippen LogP contribution in [0.2, 0.25) is 0 Å². The number of nitro groups is 1. The summed E-state index contributed by atoms with van der Waals surface area (Å²) in [7, 11) is 1.60. The summed E-state index contributed by atoms with van der Waals surface area (Å²) in [6.45, 7) is 4.16. The molecule has 1 N–H and O–H groups in total. The number of non-ortho nitro benzene ring substituents is 1. The summed E-state index contributed by atoms with van der Waals surface area (Å²) in [5.41, 5.74) is 1.14. The molecule has 25 heavy (non-hydrogen) atoms. The fraction of sp³-hybridized carbons (Fsp3) is 0.316. The second-order valence-corrected chi connectivity index (χ2v) is 6.24. The van der Waals surface area contributed by atoms with E-state index in [0.717, 1.165) is 17.7 Å². The maximum absolute atomic E-state index is 12.5. The predicted molar refractivity (Wildman–Crippen MR) is 95.8 cm³/mol. The minimum absolute atomic E-state index is 0.0995. The van der Waals surface area contributed by atoms with E-state index in [0.29, 0.717) is 5.92 Å². The Morgan fingerprint density at radius 1 is 1.20 bits per heavy atom. The van der Waals surface area contributed by atoms with Crippen molar-refractivity contribution in [2.75, 3.05) is 7.11 Å². The predicted octanol–water partition coefficient (Wildman–Crippen LogP) is 4.12. The van der Waals surface area contributed by atoms with Crippen molar-refractivity contribution >= 4 is 11.6 Å². The SMILES string of the molecule is COc1ccc([C@@H](CC(C)C)NC(=O)c2cccc([N+](=O)[O-])c2)cc1. The lowest BCUT2D eigenvalue weighted by Gasteiger charge is -2.21. The smallest absolute Gasteiger partial charge is 0.270 e. The van der Waals surface area contributed by atoms with Gasteiger partial charge in [-0.25, -0.2) is 0 Å². The molecule has 0 saturated carbocycles. The first-order chi connectivity index (χ1) is 11.9. The highest BCUT2D eigenvalue weighted by atomic mass is 16.6. The van der Waals surface area contributed by atoms with Gasteiger partial charge in [-0.3, -0.25) is 14.9 Å². The van der Waals surface area contributed by atoms with Gasteiger partial charge in [0.1, 0.15) is 5.75 Å². The normalized spacial score (nSPS) is 11.8. The first kappa shape index (κ1) is 18.4. The van der Waals surface area contributed by atoms with E-state index >= 15 is 0 Å². The Morgan fingerprint density at radius 3 is 2.44 bits per heavy atom. The zero-order valence-corrected chi connectivity index (χ0v) is 14.6. The van der Waals surface area contributed by atoms with Gasteiger partial charge in [0.2, 0.25) is 0 Å². The van der Waals surface area contributed by atoms with Crippen LogP contribution in [0.3, 0.4) is 0 Å². The zero-order chi connectivity index (χ0) is 18.4. The molecule has 0 fully saturated rings. The molecule has 1 amide bonds. The van der Waals surface area contributed by atoms with Gasteiger partial charge in [-0.2, -0.15) is 0 Å². The van der Waals surface area contributed by atoms with Crippen molar-refractivity contribution in [3.8, 4) is 5.75 Å². The Balaban J connectivity index is 2.22. The van der Waals surface area contributed by atoms with Gasteiger partial charge in [-0.1, -0.05) is 32.0 Å². The monoisotopic (exact) mass is 342 g/mol. The highest BCUT2D eigenvalue weighted by molar-refractivity contribution is 5.95. The molecule has 0 heterocycles. The van der Waals surface area contributed by atoms with Crippen LogP contribution in [-0.2, 0) is 0 Å². The van der Waals surface area contributed by atoms with Gasteiger partial charge in [0.05, 0.1) is 18.1 Å². The van der Waals surface area contributed by atoms with E-state index < -0.39 is 4.92 Å². The van der Waals surface area contributed by atoms with Gasteiger partial charge in [0.15, 0.2) is 0 Å². The summed E-state index contributed by atoms with van der Waals surface area (Å²) >= 11 is 0. The van der Waals surface area contributed by atoms with Gasteiger partial charge in [-0.15, -0.1) is 0 Å². The van der Waals surface area contributed by atoms with E-state index in [1.807, 2.05) is 24.3 Å². The number of carbonyl (C=O) groups excluding carboxylic acids is 1. The van der Waals surface area contributed by atoms with E-state index in [1.54, 1.807) is 13.2 Å². The van der Waals surface area contributed by atoms with Crippen LogP contribution >= 0.6 is 0 Å². The molecule has 132 valence electrons. The van der Waals surface area contributed by atoms with Crippen molar-refractivity contribution in [1.82, 2.24) is 5.32 Å². The van der Waals surface area contributed by atoms with Crippen molar-refractivity contribution in [3.63, 3.8) is 0 Å². The Kier molecular flexibility index (Phi) is 6.11. The largest absolute Gasteiger partial charge is 0.497 e. The molecule has 6 nitrogen and oxygen atoms in total. The molecule has 6 heteroatoms. The summed E-state index contributed by atoms with van der Waals surface area (Å²) in [6, 6.07) is 13.1. The van der Waals surface area contributed by atoms with Crippen LogP contribution in [0.15, 0.2) is 48.5 Å². The number of nitrogens with zero attached hydrogens (tertiary/aromatic N) is 1. The number of carbonyl (C=O) groups is 1. The number of rotatable bonds is 7. The Labute approximate surface area is 147 Å². The summed E-state index contributed by atoms with van der Waals surface area (Å²) in [5, 5.41) is 13.9. The maximum atomic E-state index is 12.5. The number of nitrogens with one attached hydrogen (secondary N) is 1. The van der Waals surface area contributed by atoms with Gasteiger partial charge in [0.25, 0.3) is 11.6 Å². The summed E-state index contributed by atoms with van der Waals surface area (Å²) in [5.74, 6) is 0.791. The number of nitro benzene ring substituents is 1. The van der Waals surface area contributed by atoms with Gasteiger partial charge in [-0.05, 0) is 36.1 Å². The van der Waals surface area contributed by atoms with E-state index in [1.165, 1.54) is 18.2 Å². The third kappa shape index (κ3) is 5.04. The quantitative estimate of drug-likeness (QED) is 0.606. The van der Waals surface area contributed by atoms with Crippen molar-refractivity contribution in [1.29, 1.82) is 0 Å². The highest BCUT2D eigenvalue weighted by Crippen LogP contribution is 2.24. The number of methoxy groups -OCH3 is 1. The third-order valence-corrected chi connectivity index (χ3v) is 3.85. The number of ether oxygens (including phenoxy) is 1.